The van der Waals surface area contributed by atoms with Gasteiger partial charge in [0.05, 0.1) is 39.6 Å². The van der Waals surface area contributed by atoms with Crippen LogP contribution >= 0.6 is 0 Å². The number of hydrogen-bond donors (Lipinski definition) is 0. The van der Waals surface area contributed by atoms with Crippen molar-refractivity contribution in [2.24, 2.45) is 16.7 Å². The summed E-state index contributed by atoms with van der Waals surface area (Å²) < 4.78 is 22.8. The van der Waals surface area contributed by atoms with Gasteiger partial charge < -0.3 is 18.9 Å². The largest absolute Gasteiger partial charge is 0.378 e. The van der Waals surface area contributed by atoms with E-state index in [2.05, 4.69) is 34.6 Å². The Balaban J connectivity index is 1.94. The second kappa shape index (κ2) is 10.4. The van der Waals surface area contributed by atoms with Gasteiger partial charge in [0.2, 0.25) is 0 Å². The molecule has 3 atom stereocenters. The first-order chi connectivity index (χ1) is 12.4. The van der Waals surface area contributed by atoms with Crippen LogP contribution in [0.2, 0.25) is 0 Å². The Hall–Kier alpha value is -0.160. The van der Waals surface area contributed by atoms with Crippen molar-refractivity contribution in [2.75, 3.05) is 39.6 Å². The highest BCUT2D eigenvalue weighted by Gasteiger charge is 2.37. The Bertz CT molecular complexity index is 370. The summed E-state index contributed by atoms with van der Waals surface area (Å²) in [6.45, 7) is 16.4. The molecule has 0 radical (unpaired) electrons. The minimum Gasteiger partial charge on any atom is -0.378 e. The quantitative estimate of drug-likeness (QED) is 0.364. The molecular weight excluding hydrogens is 328 g/mol. The topological polar surface area (TPSA) is 43.5 Å². The molecule has 0 spiro atoms. The molecule has 4 nitrogen and oxygen atoms in total. The van der Waals surface area contributed by atoms with Crippen molar-refractivity contribution in [1.82, 2.24) is 0 Å². The van der Waals surface area contributed by atoms with Gasteiger partial charge in [0.15, 0.2) is 0 Å². The summed E-state index contributed by atoms with van der Waals surface area (Å²) >= 11 is 0. The Morgan fingerprint density at radius 2 is 1.46 bits per heavy atom. The third kappa shape index (κ3) is 8.24. The lowest BCUT2D eigenvalue weighted by Crippen LogP contribution is -2.38. The summed E-state index contributed by atoms with van der Waals surface area (Å²) in [6, 6.07) is 0. The molecule has 3 unspecified atom stereocenters. The first-order valence-electron chi connectivity index (χ1n) is 10.8. The fourth-order valence-corrected chi connectivity index (χ4v) is 3.49. The van der Waals surface area contributed by atoms with Gasteiger partial charge in [0.25, 0.3) is 0 Å². The second-order valence-corrected chi connectivity index (χ2v) is 9.49. The van der Waals surface area contributed by atoms with Crippen LogP contribution in [0.3, 0.4) is 0 Å². The van der Waals surface area contributed by atoms with E-state index in [-0.39, 0.29) is 5.41 Å². The molecule has 2 aliphatic rings. The lowest BCUT2D eigenvalue weighted by atomic mass is 9.70. The lowest BCUT2D eigenvalue weighted by molar-refractivity contribution is -0.0564. The van der Waals surface area contributed by atoms with Gasteiger partial charge in [-0.2, -0.15) is 0 Å². The standard InChI is InChI=1S/C22H42O4/c1-6-8-9-18(10-11-21(3,4)7-2)22(5,16-23-12-19-14-25-19)17-24-13-20-15-26-20/h18-20H,6-17H2,1-5H3. The predicted molar refractivity (Wildman–Crippen MR) is 106 cm³/mol. The van der Waals surface area contributed by atoms with Gasteiger partial charge in [-0.25, -0.2) is 0 Å². The van der Waals surface area contributed by atoms with Crippen LogP contribution in [0.25, 0.3) is 0 Å². The van der Waals surface area contributed by atoms with E-state index >= 15 is 0 Å². The van der Waals surface area contributed by atoms with Crippen LogP contribution in [0.1, 0.15) is 73.1 Å². The van der Waals surface area contributed by atoms with Crippen LogP contribution in [0.5, 0.6) is 0 Å². The van der Waals surface area contributed by atoms with Gasteiger partial charge in [-0.05, 0) is 30.6 Å². The van der Waals surface area contributed by atoms with E-state index in [0.717, 1.165) is 39.6 Å². The van der Waals surface area contributed by atoms with E-state index in [1.807, 2.05) is 0 Å². The highest BCUT2D eigenvalue weighted by atomic mass is 16.6. The number of hydrogen-bond acceptors (Lipinski definition) is 4. The summed E-state index contributed by atoms with van der Waals surface area (Å²) in [6.07, 6.45) is 8.20. The van der Waals surface area contributed by atoms with Crippen LogP contribution in [-0.2, 0) is 18.9 Å². The van der Waals surface area contributed by atoms with E-state index in [4.69, 9.17) is 18.9 Å². The van der Waals surface area contributed by atoms with Gasteiger partial charge in [0.1, 0.15) is 12.2 Å². The van der Waals surface area contributed by atoms with Gasteiger partial charge in [0, 0.05) is 5.41 Å². The van der Waals surface area contributed by atoms with Crippen molar-refractivity contribution in [3.05, 3.63) is 0 Å². The number of rotatable bonds is 16. The number of epoxide rings is 2. The van der Waals surface area contributed by atoms with Gasteiger partial charge in [-0.3, -0.25) is 0 Å². The molecule has 0 amide bonds. The highest BCUT2D eigenvalue weighted by molar-refractivity contribution is 4.85. The summed E-state index contributed by atoms with van der Waals surface area (Å²) in [5.74, 6) is 0.633. The number of unbranched alkanes of at least 4 members (excludes halogenated alkanes) is 1. The third-order valence-electron chi connectivity index (χ3n) is 6.29. The van der Waals surface area contributed by atoms with Crippen LogP contribution in [0, 0.1) is 16.7 Å². The maximum absolute atomic E-state index is 6.08. The smallest absolute Gasteiger partial charge is 0.104 e. The maximum atomic E-state index is 6.08. The fourth-order valence-electron chi connectivity index (χ4n) is 3.49. The summed E-state index contributed by atoms with van der Waals surface area (Å²) in [7, 11) is 0. The Morgan fingerprint density at radius 1 is 0.923 bits per heavy atom. The summed E-state index contributed by atoms with van der Waals surface area (Å²) in [4.78, 5) is 0. The van der Waals surface area contributed by atoms with E-state index in [1.165, 1.54) is 38.5 Å². The first-order valence-corrected chi connectivity index (χ1v) is 10.8. The second-order valence-electron chi connectivity index (χ2n) is 9.49. The minimum absolute atomic E-state index is 0.0583. The monoisotopic (exact) mass is 370 g/mol. The van der Waals surface area contributed by atoms with Crippen LogP contribution in [-0.4, -0.2) is 51.8 Å². The zero-order chi connectivity index (χ0) is 19.0. The first kappa shape index (κ1) is 22.1. The van der Waals surface area contributed by atoms with Crippen molar-refractivity contribution >= 4 is 0 Å². The summed E-state index contributed by atoms with van der Waals surface area (Å²) in [5.41, 5.74) is 0.472. The Labute approximate surface area is 161 Å². The average Bonchev–Trinajstić information content (AvgIpc) is 3.50. The molecule has 2 fully saturated rings. The van der Waals surface area contributed by atoms with Gasteiger partial charge in [-0.15, -0.1) is 0 Å². The van der Waals surface area contributed by atoms with E-state index in [1.54, 1.807) is 0 Å². The molecule has 0 aromatic rings. The lowest BCUT2D eigenvalue weighted by Gasteiger charge is -2.39. The third-order valence-corrected chi connectivity index (χ3v) is 6.29. The van der Waals surface area contributed by atoms with Crippen LogP contribution in [0.15, 0.2) is 0 Å². The predicted octanol–water partition coefficient (Wildman–Crippen LogP) is 4.85. The SMILES string of the molecule is CCCCC(CCC(C)(C)CC)C(C)(COCC1CO1)COCC1CO1. The zero-order valence-electron chi connectivity index (χ0n) is 17.9. The van der Waals surface area contributed by atoms with Crippen LogP contribution in [0.4, 0.5) is 0 Å². The molecule has 2 saturated heterocycles. The van der Waals surface area contributed by atoms with E-state index in [0.29, 0.717) is 23.5 Å². The Kier molecular flexibility index (Phi) is 8.85. The van der Waals surface area contributed by atoms with Crippen LogP contribution < -0.4 is 0 Å². The van der Waals surface area contributed by atoms with Crippen molar-refractivity contribution in [2.45, 2.75) is 85.4 Å². The van der Waals surface area contributed by atoms with Crippen molar-refractivity contribution in [3.63, 3.8) is 0 Å². The normalized spacial score (nSPS) is 25.7. The van der Waals surface area contributed by atoms with Gasteiger partial charge in [-0.1, -0.05) is 53.9 Å². The van der Waals surface area contributed by atoms with Crippen molar-refractivity contribution in [1.29, 1.82) is 0 Å². The molecule has 0 aliphatic carbocycles. The molecule has 2 heterocycles. The zero-order valence-corrected chi connectivity index (χ0v) is 17.9. The van der Waals surface area contributed by atoms with E-state index < -0.39 is 0 Å². The molecule has 154 valence electrons. The number of ether oxygens (including phenoxy) is 4. The molecule has 0 bridgehead atoms. The van der Waals surface area contributed by atoms with E-state index in [9.17, 15) is 0 Å². The Morgan fingerprint density at radius 3 is 1.88 bits per heavy atom. The molecule has 0 aromatic heterocycles. The fraction of sp³-hybridized carbons (Fsp3) is 1.00. The van der Waals surface area contributed by atoms with Gasteiger partial charge >= 0.3 is 0 Å². The minimum atomic E-state index is 0.0583. The molecule has 2 aliphatic heterocycles. The molecular formula is C22H42O4. The maximum Gasteiger partial charge on any atom is 0.104 e. The molecule has 4 heteroatoms. The molecule has 2 rings (SSSR count). The van der Waals surface area contributed by atoms with Crippen molar-refractivity contribution in [3.8, 4) is 0 Å². The molecule has 0 N–H and O–H groups in total. The highest BCUT2D eigenvalue weighted by Crippen LogP contribution is 2.39. The summed E-state index contributed by atoms with van der Waals surface area (Å²) in [5, 5.41) is 0. The molecule has 0 aromatic carbocycles. The molecule has 0 saturated carbocycles. The van der Waals surface area contributed by atoms with Crippen molar-refractivity contribution < 1.29 is 18.9 Å². The molecule has 26 heavy (non-hydrogen) atoms. The average molecular weight is 371 g/mol.